The summed E-state index contributed by atoms with van der Waals surface area (Å²) in [5.74, 6) is 0. The number of anilines is 1. The van der Waals surface area contributed by atoms with E-state index in [-0.39, 0.29) is 0 Å². The van der Waals surface area contributed by atoms with Gasteiger partial charge in [-0.1, -0.05) is 34.1 Å². The van der Waals surface area contributed by atoms with Gasteiger partial charge in [-0.15, -0.1) is 0 Å². The van der Waals surface area contributed by atoms with E-state index in [0.29, 0.717) is 12.2 Å². The molecular formula is C14H19BrN2O2. The number of nitrogens with one attached hydrogen (secondary N) is 1. The molecular weight excluding hydrogens is 308 g/mol. The molecule has 0 bridgehead atoms. The molecule has 1 rings (SSSR count). The number of nitrogens with two attached hydrogens (primary N) is 1. The third-order valence-corrected chi connectivity index (χ3v) is 2.60. The second-order valence-electron chi connectivity index (χ2n) is 5.06. The van der Waals surface area contributed by atoms with Crippen LogP contribution in [0.1, 0.15) is 26.3 Å². The van der Waals surface area contributed by atoms with Crippen LogP contribution in [-0.4, -0.2) is 18.2 Å². The van der Waals surface area contributed by atoms with E-state index >= 15 is 0 Å². The molecule has 5 heteroatoms. The van der Waals surface area contributed by atoms with Crippen LogP contribution >= 0.6 is 15.9 Å². The van der Waals surface area contributed by atoms with Gasteiger partial charge in [0, 0.05) is 16.7 Å². The van der Waals surface area contributed by atoms with Gasteiger partial charge in [-0.05, 0) is 38.5 Å². The van der Waals surface area contributed by atoms with E-state index < -0.39 is 11.7 Å². The predicted octanol–water partition coefficient (Wildman–Crippen LogP) is 3.57. The minimum Gasteiger partial charge on any atom is -0.444 e. The largest absolute Gasteiger partial charge is 0.444 e. The van der Waals surface area contributed by atoms with Gasteiger partial charge in [0.05, 0.1) is 0 Å². The van der Waals surface area contributed by atoms with Crippen LogP contribution in [-0.2, 0) is 4.74 Å². The normalized spacial score (nSPS) is 11.6. The second kappa shape index (κ2) is 6.61. The van der Waals surface area contributed by atoms with Crippen molar-refractivity contribution in [2.75, 3.05) is 12.3 Å². The Morgan fingerprint density at radius 3 is 2.74 bits per heavy atom. The number of carbonyl (C=O) groups is 1. The standard InChI is InChI=1S/C14H19BrN2O2/c1-14(2,3)19-13(18)17-8-4-5-10-6-7-11(15)9-12(10)16/h4-7,9H,8,16H2,1-3H3,(H,17,18). The van der Waals surface area contributed by atoms with Gasteiger partial charge in [-0.2, -0.15) is 0 Å². The summed E-state index contributed by atoms with van der Waals surface area (Å²) in [6.45, 7) is 5.87. The molecule has 0 heterocycles. The van der Waals surface area contributed by atoms with Crippen molar-refractivity contribution < 1.29 is 9.53 Å². The zero-order valence-electron chi connectivity index (χ0n) is 11.4. The molecule has 19 heavy (non-hydrogen) atoms. The first-order valence-corrected chi connectivity index (χ1v) is 6.75. The first-order valence-electron chi connectivity index (χ1n) is 5.96. The third kappa shape index (κ3) is 6.29. The Balaban J connectivity index is 2.44. The van der Waals surface area contributed by atoms with Crippen molar-refractivity contribution in [3.8, 4) is 0 Å². The summed E-state index contributed by atoms with van der Waals surface area (Å²) in [4.78, 5) is 11.4. The quantitative estimate of drug-likeness (QED) is 0.834. The van der Waals surface area contributed by atoms with Gasteiger partial charge in [-0.25, -0.2) is 4.79 Å². The number of halogens is 1. The molecule has 0 aromatic heterocycles. The number of ether oxygens (including phenoxy) is 1. The lowest BCUT2D eigenvalue weighted by atomic mass is 10.1. The van der Waals surface area contributed by atoms with Crippen LogP contribution in [0, 0.1) is 0 Å². The Hall–Kier alpha value is -1.49. The lowest BCUT2D eigenvalue weighted by Crippen LogP contribution is -2.32. The number of nitrogen functional groups attached to an aromatic ring is 1. The minimum absolute atomic E-state index is 0.393. The molecule has 4 nitrogen and oxygen atoms in total. The first kappa shape index (κ1) is 15.6. The monoisotopic (exact) mass is 326 g/mol. The van der Waals surface area contributed by atoms with E-state index in [2.05, 4.69) is 21.2 Å². The number of alkyl carbamates (subject to hydrolysis) is 1. The summed E-state index contributed by atoms with van der Waals surface area (Å²) in [6.07, 6.45) is 3.25. The molecule has 0 aliphatic carbocycles. The van der Waals surface area contributed by atoms with Crippen molar-refractivity contribution in [1.82, 2.24) is 5.32 Å². The summed E-state index contributed by atoms with van der Waals surface area (Å²) in [7, 11) is 0. The van der Waals surface area contributed by atoms with E-state index in [1.807, 2.05) is 51.1 Å². The number of carbonyl (C=O) groups excluding carboxylic acids is 1. The molecule has 0 unspecified atom stereocenters. The first-order chi connectivity index (χ1) is 8.78. The van der Waals surface area contributed by atoms with Crippen molar-refractivity contribution in [3.63, 3.8) is 0 Å². The van der Waals surface area contributed by atoms with Crippen LogP contribution in [0.15, 0.2) is 28.7 Å². The third-order valence-electron chi connectivity index (χ3n) is 2.11. The van der Waals surface area contributed by atoms with Gasteiger partial charge in [0.2, 0.25) is 0 Å². The molecule has 0 fully saturated rings. The summed E-state index contributed by atoms with van der Waals surface area (Å²) >= 11 is 3.35. The van der Waals surface area contributed by atoms with Gasteiger partial charge in [0.25, 0.3) is 0 Å². The predicted molar refractivity (Wildman–Crippen MR) is 81.8 cm³/mol. The number of rotatable bonds is 3. The summed E-state index contributed by atoms with van der Waals surface area (Å²) in [5.41, 5.74) is 6.97. The van der Waals surface area contributed by atoms with E-state index in [1.165, 1.54) is 0 Å². The topological polar surface area (TPSA) is 64.3 Å². The van der Waals surface area contributed by atoms with Crippen LogP contribution in [0.3, 0.4) is 0 Å². The zero-order valence-corrected chi connectivity index (χ0v) is 13.0. The Kier molecular flexibility index (Phi) is 5.42. The molecule has 0 aliphatic heterocycles. The van der Waals surface area contributed by atoms with E-state index in [4.69, 9.17) is 10.5 Å². The van der Waals surface area contributed by atoms with Gasteiger partial charge in [0.15, 0.2) is 0 Å². The number of benzene rings is 1. The van der Waals surface area contributed by atoms with Crippen molar-refractivity contribution in [1.29, 1.82) is 0 Å². The van der Waals surface area contributed by atoms with Gasteiger partial charge < -0.3 is 15.8 Å². The average Bonchev–Trinajstić information content (AvgIpc) is 2.24. The Morgan fingerprint density at radius 1 is 1.47 bits per heavy atom. The lowest BCUT2D eigenvalue weighted by Gasteiger charge is -2.19. The van der Waals surface area contributed by atoms with Gasteiger partial charge >= 0.3 is 6.09 Å². The van der Waals surface area contributed by atoms with Crippen molar-refractivity contribution in [2.45, 2.75) is 26.4 Å². The van der Waals surface area contributed by atoms with E-state index in [1.54, 1.807) is 0 Å². The van der Waals surface area contributed by atoms with Crippen LogP contribution in [0.25, 0.3) is 6.08 Å². The number of hydrogen-bond acceptors (Lipinski definition) is 3. The minimum atomic E-state index is -0.482. The molecule has 0 atom stereocenters. The Labute approximate surface area is 122 Å². The van der Waals surface area contributed by atoms with Crippen molar-refractivity contribution >= 4 is 33.8 Å². The second-order valence-corrected chi connectivity index (χ2v) is 5.97. The fourth-order valence-electron chi connectivity index (χ4n) is 1.34. The van der Waals surface area contributed by atoms with E-state index in [9.17, 15) is 4.79 Å². The van der Waals surface area contributed by atoms with Crippen LogP contribution in [0.2, 0.25) is 0 Å². The lowest BCUT2D eigenvalue weighted by molar-refractivity contribution is 0.0534. The smallest absolute Gasteiger partial charge is 0.407 e. The maximum atomic E-state index is 11.4. The highest BCUT2D eigenvalue weighted by Gasteiger charge is 2.14. The molecule has 0 saturated heterocycles. The number of amides is 1. The zero-order chi connectivity index (χ0) is 14.5. The molecule has 0 aliphatic rings. The Morgan fingerprint density at radius 2 is 2.16 bits per heavy atom. The van der Waals surface area contributed by atoms with Crippen LogP contribution < -0.4 is 11.1 Å². The maximum Gasteiger partial charge on any atom is 0.407 e. The molecule has 1 aromatic rings. The van der Waals surface area contributed by atoms with Gasteiger partial charge in [0.1, 0.15) is 5.60 Å². The fourth-order valence-corrected chi connectivity index (χ4v) is 1.72. The molecule has 104 valence electrons. The summed E-state index contributed by atoms with van der Waals surface area (Å²) in [5, 5.41) is 2.64. The molecule has 0 spiro atoms. The molecule has 0 radical (unpaired) electrons. The van der Waals surface area contributed by atoms with Crippen LogP contribution in [0.4, 0.5) is 10.5 Å². The average molecular weight is 327 g/mol. The molecule has 1 amide bonds. The highest BCUT2D eigenvalue weighted by Crippen LogP contribution is 2.19. The number of hydrogen-bond donors (Lipinski definition) is 2. The van der Waals surface area contributed by atoms with Crippen molar-refractivity contribution in [3.05, 3.63) is 34.3 Å². The van der Waals surface area contributed by atoms with E-state index in [0.717, 1.165) is 10.0 Å². The highest BCUT2D eigenvalue weighted by atomic mass is 79.9. The SMILES string of the molecule is CC(C)(C)OC(=O)NCC=Cc1ccc(Br)cc1N. The Bertz CT molecular complexity index is 479. The maximum absolute atomic E-state index is 11.4. The fraction of sp³-hybridized carbons (Fsp3) is 0.357. The van der Waals surface area contributed by atoms with Crippen molar-refractivity contribution in [2.24, 2.45) is 0 Å². The molecule has 0 saturated carbocycles. The molecule has 3 N–H and O–H groups in total. The highest BCUT2D eigenvalue weighted by molar-refractivity contribution is 9.10. The molecule has 1 aromatic carbocycles. The van der Waals surface area contributed by atoms with Crippen LogP contribution in [0.5, 0.6) is 0 Å². The van der Waals surface area contributed by atoms with Gasteiger partial charge in [-0.3, -0.25) is 0 Å². The summed E-state index contributed by atoms with van der Waals surface area (Å²) in [6, 6.07) is 5.65. The summed E-state index contributed by atoms with van der Waals surface area (Å²) < 4.78 is 6.05.